The molecule has 2 bridgehead atoms. The first kappa shape index (κ1) is 34.4. The highest BCUT2D eigenvalue weighted by Gasteiger charge is 2.33. The zero-order valence-corrected chi connectivity index (χ0v) is 25.1. The number of primary amides is 1. The molecule has 0 fully saturated rings. The maximum absolute atomic E-state index is 13.5. The second-order valence-electron chi connectivity index (χ2n) is 10.6. The molecule has 11 heteroatoms. The fraction of sp³-hybridized carbons (Fsp3) is 0.484. The molecule has 2 rings (SSSR count). The van der Waals surface area contributed by atoms with Gasteiger partial charge in [-0.05, 0) is 38.2 Å². The normalized spacial score (nSPS) is 31.6. The number of methoxy groups -OCH3 is 2. The van der Waals surface area contributed by atoms with Gasteiger partial charge in [0.1, 0.15) is 6.10 Å². The van der Waals surface area contributed by atoms with E-state index >= 15 is 0 Å². The molecule has 0 saturated heterocycles. The summed E-state index contributed by atoms with van der Waals surface area (Å²) in [5.41, 5.74) is 6.42. The summed E-state index contributed by atoms with van der Waals surface area (Å²) < 4.78 is 16.6. The summed E-state index contributed by atoms with van der Waals surface area (Å²) in [7, 11) is 2.92. The minimum absolute atomic E-state index is 0.132. The first-order valence-corrected chi connectivity index (χ1v) is 13.8. The van der Waals surface area contributed by atoms with E-state index < -0.39 is 53.9 Å². The van der Waals surface area contributed by atoms with Crippen LogP contribution in [0.2, 0.25) is 0 Å². The number of carbonyl (C=O) groups is 4. The number of allylic oxidation sites excluding steroid dienone is 4. The van der Waals surface area contributed by atoms with Crippen LogP contribution in [0.3, 0.4) is 0 Å². The summed E-state index contributed by atoms with van der Waals surface area (Å²) >= 11 is 0. The van der Waals surface area contributed by atoms with Crippen LogP contribution in [-0.4, -0.2) is 73.9 Å². The number of fused-ring (bicyclic) bond motifs is 2. The molecule has 0 aromatic heterocycles. The molecule has 1 aliphatic carbocycles. The summed E-state index contributed by atoms with van der Waals surface area (Å²) in [4.78, 5) is 51.3. The number of amides is 2. The average molecular weight is 586 g/mol. The van der Waals surface area contributed by atoms with E-state index in [4.69, 9.17) is 19.9 Å². The van der Waals surface area contributed by atoms with Crippen LogP contribution < -0.4 is 16.4 Å². The Kier molecular flexibility index (Phi) is 13.1. The standard InChI is InChI=1S/C31H43N3O8/c1-8-12-33-26-21-13-17(2)14-25(41-7)27(36)19(4)15-20(5)29(42-31(32)39)24(40-6)11-9-10-18(3)30(38)34-22(28(21)37)16-23(26)35/h8-11,15-17,19,24-25,27,29,33,36H,1,12-14H2,2-7H3,(H2,32,39)(H,34,38)/b11-9-,18-10+,20-15+. The third kappa shape index (κ3) is 9.10. The van der Waals surface area contributed by atoms with Crippen LogP contribution in [-0.2, 0) is 28.6 Å². The highest BCUT2D eigenvalue weighted by atomic mass is 16.6. The average Bonchev–Trinajstić information content (AvgIpc) is 2.94. The second-order valence-corrected chi connectivity index (χ2v) is 10.6. The van der Waals surface area contributed by atoms with E-state index in [1.165, 1.54) is 20.3 Å². The van der Waals surface area contributed by atoms with Crippen molar-refractivity contribution in [2.75, 3.05) is 20.8 Å². The number of aliphatic hydroxyl groups is 1. The van der Waals surface area contributed by atoms with Gasteiger partial charge in [0.15, 0.2) is 6.10 Å². The van der Waals surface area contributed by atoms with Crippen molar-refractivity contribution in [3.8, 4) is 0 Å². The molecular formula is C31H43N3O8. The highest BCUT2D eigenvalue weighted by molar-refractivity contribution is 6.23. The van der Waals surface area contributed by atoms with E-state index in [2.05, 4.69) is 17.2 Å². The lowest BCUT2D eigenvalue weighted by molar-refractivity contribution is -0.120. The Morgan fingerprint density at radius 3 is 2.50 bits per heavy atom. The van der Waals surface area contributed by atoms with Gasteiger partial charge in [0.2, 0.25) is 11.6 Å². The highest BCUT2D eigenvalue weighted by Crippen LogP contribution is 2.28. The number of Topliss-reactive ketones (excluding diaryl/α,β-unsaturated/α-hetero) is 1. The Hall–Kier alpha value is -3.80. The minimum Gasteiger partial charge on any atom is -0.439 e. The molecule has 0 aromatic rings. The van der Waals surface area contributed by atoms with Gasteiger partial charge in [-0.3, -0.25) is 14.4 Å². The molecule has 2 amide bonds. The fourth-order valence-electron chi connectivity index (χ4n) is 4.95. The summed E-state index contributed by atoms with van der Waals surface area (Å²) in [5.74, 6) is -2.14. The number of nitrogens with one attached hydrogen (secondary N) is 2. The lowest BCUT2D eigenvalue weighted by Gasteiger charge is -2.30. The van der Waals surface area contributed by atoms with Crippen molar-refractivity contribution in [2.24, 2.45) is 17.6 Å². The van der Waals surface area contributed by atoms with Gasteiger partial charge in [-0.15, -0.1) is 6.58 Å². The Bertz CT molecular complexity index is 1210. The molecule has 42 heavy (non-hydrogen) atoms. The predicted molar refractivity (Wildman–Crippen MR) is 158 cm³/mol. The molecule has 230 valence electrons. The Balaban J connectivity index is 2.62. The zero-order valence-electron chi connectivity index (χ0n) is 25.1. The van der Waals surface area contributed by atoms with Crippen molar-refractivity contribution in [1.29, 1.82) is 0 Å². The monoisotopic (exact) mass is 585 g/mol. The maximum Gasteiger partial charge on any atom is 0.405 e. The van der Waals surface area contributed by atoms with Gasteiger partial charge in [-0.1, -0.05) is 44.2 Å². The lowest BCUT2D eigenvalue weighted by atomic mass is 9.85. The molecule has 1 heterocycles. The van der Waals surface area contributed by atoms with E-state index in [0.29, 0.717) is 12.0 Å². The molecule has 0 aromatic carbocycles. The molecule has 2 aliphatic rings. The minimum atomic E-state index is -1.00. The first-order chi connectivity index (χ1) is 19.8. The van der Waals surface area contributed by atoms with Crippen molar-refractivity contribution in [3.05, 3.63) is 71.1 Å². The van der Waals surface area contributed by atoms with Gasteiger partial charge >= 0.3 is 6.09 Å². The van der Waals surface area contributed by atoms with Crippen LogP contribution in [0.5, 0.6) is 0 Å². The molecule has 6 unspecified atom stereocenters. The quantitative estimate of drug-likeness (QED) is 0.271. The molecule has 0 saturated carbocycles. The summed E-state index contributed by atoms with van der Waals surface area (Å²) in [6.45, 7) is 10.9. The number of rotatable bonds is 6. The van der Waals surface area contributed by atoms with Crippen molar-refractivity contribution in [1.82, 2.24) is 10.6 Å². The van der Waals surface area contributed by atoms with Crippen molar-refractivity contribution >= 4 is 23.6 Å². The predicted octanol–water partition coefficient (Wildman–Crippen LogP) is 2.54. The van der Waals surface area contributed by atoms with Crippen LogP contribution in [0.25, 0.3) is 0 Å². The van der Waals surface area contributed by atoms with E-state index in [0.717, 1.165) is 6.08 Å². The van der Waals surface area contributed by atoms with Gasteiger partial charge in [0.05, 0.1) is 23.6 Å². The van der Waals surface area contributed by atoms with Gasteiger partial charge in [-0.25, -0.2) is 4.79 Å². The van der Waals surface area contributed by atoms with Crippen LogP contribution in [0.1, 0.15) is 40.5 Å². The molecule has 0 radical (unpaired) electrons. The Morgan fingerprint density at radius 2 is 1.90 bits per heavy atom. The third-order valence-electron chi connectivity index (χ3n) is 7.22. The van der Waals surface area contributed by atoms with E-state index in [1.807, 2.05) is 6.92 Å². The maximum atomic E-state index is 13.5. The zero-order chi connectivity index (χ0) is 31.6. The Labute approximate surface area is 247 Å². The number of nitrogens with two attached hydrogens (primary N) is 1. The van der Waals surface area contributed by atoms with Gasteiger partial charge in [0.25, 0.3) is 5.91 Å². The largest absolute Gasteiger partial charge is 0.439 e. The molecule has 6 atom stereocenters. The number of hydrogen-bond donors (Lipinski definition) is 4. The van der Waals surface area contributed by atoms with Crippen LogP contribution in [0.4, 0.5) is 4.79 Å². The first-order valence-electron chi connectivity index (χ1n) is 13.8. The van der Waals surface area contributed by atoms with Crippen molar-refractivity contribution in [2.45, 2.75) is 65.0 Å². The van der Waals surface area contributed by atoms with E-state index in [-0.39, 0.29) is 41.4 Å². The van der Waals surface area contributed by atoms with Crippen LogP contribution in [0, 0.1) is 11.8 Å². The van der Waals surface area contributed by atoms with Crippen LogP contribution in [0.15, 0.2) is 71.1 Å². The number of carbonyl (C=O) groups excluding carboxylic acids is 4. The van der Waals surface area contributed by atoms with Gasteiger partial charge < -0.3 is 35.7 Å². The number of hydrogen-bond acceptors (Lipinski definition) is 9. The number of ether oxygens (including phenoxy) is 3. The summed E-state index contributed by atoms with van der Waals surface area (Å²) in [6.07, 6.45) is 5.34. The van der Waals surface area contributed by atoms with E-state index in [9.17, 15) is 24.3 Å². The molecule has 1 aliphatic heterocycles. The van der Waals surface area contributed by atoms with E-state index in [1.54, 1.807) is 45.1 Å². The summed E-state index contributed by atoms with van der Waals surface area (Å²) in [6, 6.07) is 0. The molecule has 5 N–H and O–H groups in total. The molecule has 0 spiro atoms. The SMILES string of the molecule is C=CCNC1=C2CC(C)CC(OC)C(O)C(C)/C=C(\C)C(OC(N)=O)C(OC)/C=C\C=C(/C)C(=O)NC(=CC1=O)C2=O. The smallest absolute Gasteiger partial charge is 0.405 e. The molecular weight excluding hydrogens is 542 g/mol. The van der Waals surface area contributed by atoms with Gasteiger partial charge in [-0.2, -0.15) is 0 Å². The summed E-state index contributed by atoms with van der Waals surface area (Å²) in [5, 5.41) is 16.7. The topological polar surface area (TPSA) is 166 Å². The number of ketones is 2. The third-order valence-corrected chi connectivity index (χ3v) is 7.22. The number of aliphatic hydroxyl groups excluding tert-OH is 1. The van der Waals surface area contributed by atoms with Crippen molar-refractivity contribution < 1.29 is 38.5 Å². The lowest BCUT2D eigenvalue weighted by Crippen LogP contribution is -2.37. The molecule has 11 nitrogen and oxygen atoms in total. The van der Waals surface area contributed by atoms with Crippen LogP contribution >= 0.6 is 0 Å². The second kappa shape index (κ2) is 16.0. The van der Waals surface area contributed by atoms with Gasteiger partial charge in [0, 0.05) is 43.9 Å². The Morgan fingerprint density at radius 1 is 1.21 bits per heavy atom. The fourth-order valence-corrected chi connectivity index (χ4v) is 4.95. The van der Waals surface area contributed by atoms with Crippen molar-refractivity contribution in [3.63, 3.8) is 0 Å².